The molecule has 0 aliphatic carbocycles. The van der Waals surface area contributed by atoms with Gasteiger partial charge < -0.3 is 10.1 Å². The summed E-state index contributed by atoms with van der Waals surface area (Å²) < 4.78 is 5.39. The fourth-order valence-corrected chi connectivity index (χ4v) is 2.99. The molecule has 1 aliphatic heterocycles. The Kier molecular flexibility index (Phi) is 11.7. The molecule has 1 N–H and O–H groups in total. The Morgan fingerprint density at radius 1 is 1.18 bits per heavy atom. The maximum absolute atomic E-state index is 5.39. The van der Waals surface area contributed by atoms with Crippen LogP contribution in [0.25, 0.3) is 0 Å². The van der Waals surface area contributed by atoms with Crippen LogP contribution in [0.3, 0.4) is 0 Å². The third-order valence-corrected chi connectivity index (χ3v) is 4.15. The van der Waals surface area contributed by atoms with E-state index in [1.807, 2.05) is 6.07 Å². The normalized spacial score (nSPS) is 16.3. The maximum Gasteiger partial charge on any atom is 0.119 e. The highest BCUT2D eigenvalue weighted by molar-refractivity contribution is 5.85. The van der Waals surface area contributed by atoms with Crippen molar-refractivity contribution in [1.29, 1.82) is 0 Å². The first-order chi connectivity index (χ1) is 9.85. The molecule has 2 rings (SSSR count). The fourth-order valence-electron chi connectivity index (χ4n) is 2.99. The van der Waals surface area contributed by atoms with Crippen molar-refractivity contribution in [1.82, 2.24) is 10.2 Å². The van der Waals surface area contributed by atoms with E-state index in [4.69, 9.17) is 4.74 Å². The Balaban J connectivity index is 0.00000220. The van der Waals surface area contributed by atoms with Crippen molar-refractivity contribution in [2.45, 2.75) is 38.6 Å². The van der Waals surface area contributed by atoms with Crippen LogP contribution in [0.4, 0.5) is 0 Å². The van der Waals surface area contributed by atoms with Crippen molar-refractivity contribution >= 4 is 24.8 Å². The van der Waals surface area contributed by atoms with Crippen molar-refractivity contribution in [3.8, 4) is 5.75 Å². The molecule has 1 aliphatic rings. The number of nitrogens with one attached hydrogen (secondary N) is 1. The minimum Gasteiger partial charge on any atom is -0.497 e. The van der Waals surface area contributed by atoms with E-state index in [1.165, 1.54) is 31.2 Å². The highest BCUT2D eigenvalue weighted by Gasteiger charge is 2.21. The average molecular weight is 349 g/mol. The lowest BCUT2D eigenvalue weighted by Crippen LogP contribution is -2.45. The highest BCUT2D eigenvalue weighted by Crippen LogP contribution is 2.29. The van der Waals surface area contributed by atoms with E-state index in [9.17, 15) is 0 Å². The van der Waals surface area contributed by atoms with Crippen molar-refractivity contribution in [3.05, 3.63) is 29.8 Å². The number of unbranched alkanes of at least 4 members (excludes halogenated alkanes) is 2. The van der Waals surface area contributed by atoms with E-state index < -0.39 is 0 Å². The smallest absolute Gasteiger partial charge is 0.119 e. The SMILES string of the molecule is CCCCC[C@H](c1cccc(OC)c1)N1CCNCC1.Cl.Cl. The summed E-state index contributed by atoms with van der Waals surface area (Å²) in [5, 5.41) is 3.44. The van der Waals surface area contributed by atoms with Crippen LogP contribution in [0.2, 0.25) is 0 Å². The van der Waals surface area contributed by atoms with E-state index in [-0.39, 0.29) is 24.8 Å². The summed E-state index contributed by atoms with van der Waals surface area (Å²) in [5.41, 5.74) is 1.40. The van der Waals surface area contributed by atoms with Gasteiger partial charge in [0, 0.05) is 32.2 Å². The van der Waals surface area contributed by atoms with E-state index in [0.717, 1.165) is 31.9 Å². The second kappa shape index (κ2) is 12.0. The van der Waals surface area contributed by atoms with Crippen molar-refractivity contribution in [2.75, 3.05) is 33.3 Å². The van der Waals surface area contributed by atoms with Crippen LogP contribution >= 0.6 is 24.8 Å². The molecule has 1 fully saturated rings. The van der Waals surface area contributed by atoms with Crippen LogP contribution < -0.4 is 10.1 Å². The topological polar surface area (TPSA) is 24.5 Å². The predicted octanol–water partition coefficient (Wildman–Crippen LogP) is 4.07. The van der Waals surface area contributed by atoms with Crippen LogP contribution in [0.5, 0.6) is 5.75 Å². The molecule has 0 spiro atoms. The first-order valence-corrected chi connectivity index (χ1v) is 7.94. The van der Waals surface area contributed by atoms with Crippen molar-refractivity contribution in [3.63, 3.8) is 0 Å². The van der Waals surface area contributed by atoms with Gasteiger partial charge in [0.1, 0.15) is 5.75 Å². The lowest BCUT2D eigenvalue weighted by molar-refractivity contribution is 0.162. The summed E-state index contributed by atoms with van der Waals surface area (Å²) in [4.78, 5) is 2.63. The number of ether oxygens (including phenoxy) is 1. The number of benzene rings is 1. The highest BCUT2D eigenvalue weighted by atomic mass is 35.5. The molecule has 22 heavy (non-hydrogen) atoms. The molecule has 0 radical (unpaired) electrons. The second-order valence-electron chi connectivity index (χ2n) is 5.57. The number of piperazine rings is 1. The van der Waals surface area contributed by atoms with Crippen molar-refractivity contribution in [2.24, 2.45) is 0 Å². The quantitative estimate of drug-likeness (QED) is 0.751. The van der Waals surface area contributed by atoms with Crippen molar-refractivity contribution < 1.29 is 4.74 Å². The molecule has 5 heteroatoms. The van der Waals surface area contributed by atoms with Crippen LogP contribution in [0, 0.1) is 0 Å². The largest absolute Gasteiger partial charge is 0.497 e. The molecule has 0 amide bonds. The van der Waals surface area contributed by atoms with Gasteiger partial charge in [0.05, 0.1) is 7.11 Å². The van der Waals surface area contributed by atoms with E-state index in [2.05, 4.69) is 35.3 Å². The summed E-state index contributed by atoms with van der Waals surface area (Å²) in [6, 6.07) is 9.15. The standard InChI is InChI=1S/C17H28N2O.2ClH/c1-3-4-5-9-17(19-12-10-18-11-13-19)15-7-6-8-16(14-15)20-2;;/h6-8,14,17-18H,3-5,9-13H2,1-2H3;2*1H/t17-;;/m1../s1. The third kappa shape index (κ3) is 6.33. The number of hydrogen-bond donors (Lipinski definition) is 1. The summed E-state index contributed by atoms with van der Waals surface area (Å²) >= 11 is 0. The third-order valence-electron chi connectivity index (χ3n) is 4.15. The number of methoxy groups -OCH3 is 1. The van der Waals surface area contributed by atoms with Crippen LogP contribution in [0.1, 0.15) is 44.2 Å². The molecule has 1 saturated heterocycles. The molecule has 0 saturated carbocycles. The number of nitrogens with zero attached hydrogens (tertiary/aromatic N) is 1. The molecule has 3 nitrogen and oxygen atoms in total. The predicted molar refractivity (Wildman–Crippen MR) is 98.8 cm³/mol. The van der Waals surface area contributed by atoms with Gasteiger partial charge in [-0.25, -0.2) is 0 Å². The van der Waals surface area contributed by atoms with Gasteiger partial charge >= 0.3 is 0 Å². The van der Waals surface area contributed by atoms with E-state index in [0.29, 0.717) is 6.04 Å². The first-order valence-electron chi connectivity index (χ1n) is 7.94. The molecular formula is C17H30Cl2N2O. The summed E-state index contributed by atoms with van der Waals surface area (Å²) in [6.07, 6.45) is 5.17. The maximum atomic E-state index is 5.39. The average Bonchev–Trinajstić information content (AvgIpc) is 2.52. The Hall–Kier alpha value is -0.480. The zero-order valence-electron chi connectivity index (χ0n) is 13.7. The summed E-state index contributed by atoms with van der Waals surface area (Å²) in [7, 11) is 1.75. The summed E-state index contributed by atoms with van der Waals surface area (Å²) in [5.74, 6) is 0.970. The van der Waals surface area contributed by atoms with Gasteiger partial charge in [-0.15, -0.1) is 24.8 Å². The van der Waals surface area contributed by atoms with Crippen LogP contribution in [0.15, 0.2) is 24.3 Å². The molecule has 1 aromatic carbocycles. The van der Waals surface area contributed by atoms with Gasteiger partial charge in [-0.1, -0.05) is 38.3 Å². The van der Waals surface area contributed by atoms with Crippen LogP contribution in [-0.4, -0.2) is 38.2 Å². The zero-order chi connectivity index (χ0) is 14.2. The molecular weight excluding hydrogens is 319 g/mol. The fraction of sp³-hybridized carbons (Fsp3) is 0.647. The van der Waals surface area contributed by atoms with Gasteiger partial charge in [-0.3, -0.25) is 4.90 Å². The molecule has 1 aromatic rings. The minimum atomic E-state index is 0. The molecule has 128 valence electrons. The Labute approximate surface area is 147 Å². The number of rotatable bonds is 7. The van der Waals surface area contributed by atoms with E-state index in [1.54, 1.807) is 7.11 Å². The Morgan fingerprint density at radius 2 is 1.91 bits per heavy atom. The van der Waals surface area contributed by atoms with Crippen LogP contribution in [-0.2, 0) is 0 Å². The molecule has 1 heterocycles. The Bertz CT molecular complexity index is 398. The molecule has 0 aromatic heterocycles. The summed E-state index contributed by atoms with van der Waals surface area (Å²) in [6.45, 7) is 6.77. The van der Waals surface area contributed by atoms with Gasteiger partial charge in [0.25, 0.3) is 0 Å². The monoisotopic (exact) mass is 348 g/mol. The molecule has 0 unspecified atom stereocenters. The van der Waals surface area contributed by atoms with Gasteiger partial charge in [0.15, 0.2) is 0 Å². The van der Waals surface area contributed by atoms with Gasteiger partial charge in [-0.2, -0.15) is 0 Å². The zero-order valence-corrected chi connectivity index (χ0v) is 15.3. The lowest BCUT2D eigenvalue weighted by Gasteiger charge is -2.35. The lowest BCUT2D eigenvalue weighted by atomic mass is 9.98. The van der Waals surface area contributed by atoms with Gasteiger partial charge in [-0.05, 0) is 24.1 Å². The minimum absolute atomic E-state index is 0. The molecule has 1 atom stereocenters. The molecule has 0 bridgehead atoms. The van der Waals surface area contributed by atoms with Gasteiger partial charge in [0.2, 0.25) is 0 Å². The Morgan fingerprint density at radius 3 is 2.55 bits per heavy atom. The van der Waals surface area contributed by atoms with E-state index >= 15 is 0 Å². The number of hydrogen-bond acceptors (Lipinski definition) is 3. The number of halogens is 2. The first kappa shape index (κ1) is 21.5. The second-order valence-corrected chi connectivity index (χ2v) is 5.57.